The van der Waals surface area contributed by atoms with Crippen LogP contribution in [-0.2, 0) is 0 Å². The highest BCUT2D eigenvalue weighted by molar-refractivity contribution is 5.49. The lowest BCUT2D eigenvalue weighted by molar-refractivity contribution is 0.0739. The van der Waals surface area contributed by atoms with E-state index in [2.05, 4.69) is 30.4 Å². The lowest BCUT2D eigenvalue weighted by atomic mass is 9.75. The number of nitriles is 1. The highest BCUT2D eigenvalue weighted by Crippen LogP contribution is 2.36. The first-order valence-corrected chi connectivity index (χ1v) is 6.08. The normalized spacial score (nSPS) is 17.3. The molecule has 0 aliphatic heterocycles. The monoisotopic (exact) mass is 229 g/mol. The quantitative estimate of drug-likeness (QED) is 0.862. The Morgan fingerprint density at radius 2 is 2.18 bits per heavy atom. The Labute approximate surface area is 103 Å². The maximum Gasteiger partial charge on any atom is 0.0992 e. The molecule has 0 aromatic heterocycles. The van der Waals surface area contributed by atoms with E-state index in [4.69, 9.17) is 5.26 Å². The molecule has 0 atom stereocenters. The fraction of sp³-hybridized carbons (Fsp3) is 0.500. The van der Waals surface area contributed by atoms with Gasteiger partial charge in [0.15, 0.2) is 0 Å². The fourth-order valence-corrected chi connectivity index (χ4v) is 2.33. The van der Waals surface area contributed by atoms with Gasteiger partial charge in [0.25, 0.3) is 0 Å². The van der Waals surface area contributed by atoms with Crippen molar-refractivity contribution < 1.29 is 0 Å². The second kappa shape index (κ2) is 4.77. The minimum absolute atomic E-state index is 0.308. The first-order valence-electron chi connectivity index (χ1n) is 6.08. The van der Waals surface area contributed by atoms with Gasteiger partial charge in [0, 0.05) is 17.8 Å². The van der Waals surface area contributed by atoms with Crippen molar-refractivity contribution in [1.29, 1.82) is 5.26 Å². The van der Waals surface area contributed by atoms with Crippen molar-refractivity contribution in [3.8, 4) is 6.07 Å². The number of hydrogen-bond acceptors (Lipinski definition) is 3. The summed E-state index contributed by atoms with van der Waals surface area (Å²) < 4.78 is 0. The Hall–Kier alpha value is -1.53. The molecule has 0 amide bonds. The Morgan fingerprint density at radius 1 is 1.41 bits per heavy atom. The summed E-state index contributed by atoms with van der Waals surface area (Å²) in [6.07, 6.45) is 3.83. The minimum atomic E-state index is 0.308. The number of benzene rings is 1. The predicted molar refractivity (Wildman–Crippen MR) is 69.9 cm³/mol. The molecule has 1 aromatic rings. The van der Waals surface area contributed by atoms with Crippen LogP contribution in [-0.4, -0.2) is 31.1 Å². The standard InChI is InChI=1S/C14H19N3/c1-17(2)14(7-4-8-14)11-16-13-6-3-5-12(9-13)10-15/h3,5-6,9,16H,4,7-8,11H2,1-2H3. The minimum Gasteiger partial charge on any atom is -0.383 e. The van der Waals surface area contributed by atoms with Crippen LogP contribution in [0.15, 0.2) is 24.3 Å². The average Bonchev–Trinajstić information content (AvgIpc) is 2.27. The van der Waals surface area contributed by atoms with Crippen LogP contribution in [0.1, 0.15) is 24.8 Å². The third-order valence-corrected chi connectivity index (χ3v) is 3.85. The van der Waals surface area contributed by atoms with Crippen molar-refractivity contribution in [3.63, 3.8) is 0 Å². The first kappa shape index (κ1) is 11.9. The molecule has 2 rings (SSSR count). The highest BCUT2D eigenvalue weighted by Gasteiger charge is 2.38. The molecule has 90 valence electrons. The van der Waals surface area contributed by atoms with Crippen LogP contribution < -0.4 is 5.32 Å². The van der Waals surface area contributed by atoms with Crippen LogP contribution in [0.2, 0.25) is 0 Å². The van der Waals surface area contributed by atoms with E-state index in [1.165, 1.54) is 19.3 Å². The molecule has 3 heteroatoms. The van der Waals surface area contributed by atoms with Gasteiger partial charge in [-0.3, -0.25) is 0 Å². The summed E-state index contributed by atoms with van der Waals surface area (Å²) in [6, 6.07) is 9.84. The van der Waals surface area contributed by atoms with Gasteiger partial charge in [-0.05, 0) is 51.6 Å². The SMILES string of the molecule is CN(C)C1(CNc2cccc(C#N)c2)CCC1. The summed E-state index contributed by atoms with van der Waals surface area (Å²) >= 11 is 0. The number of likely N-dealkylation sites (N-methyl/N-ethyl adjacent to an activating group) is 1. The van der Waals surface area contributed by atoms with Crippen LogP contribution in [0.5, 0.6) is 0 Å². The molecule has 0 spiro atoms. The smallest absolute Gasteiger partial charge is 0.0992 e. The molecular formula is C14H19N3. The largest absolute Gasteiger partial charge is 0.383 e. The van der Waals surface area contributed by atoms with Crippen LogP contribution in [0.25, 0.3) is 0 Å². The van der Waals surface area contributed by atoms with Gasteiger partial charge < -0.3 is 10.2 Å². The van der Waals surface area contributed by atoms with Gasteiger partial charge in [0.2, 0.25) is 0 Å². The third-order valence-electron chi connectivity index (χ3n) is 3.85. The number of hydrogen-bond donors (Lipinski definition) is 1. The Morgan fingerprint density at radius 3 is 2.71 bits per heavy atom. The molecule has 0 bridgehead atoms. The molecular weight excluding hydrogens is 210 g/mol. The van der Waals surface area contributed by atoms with Crippen molar-refractivity contribution in [2.24, 2.45) is 0 Å². The zero-order valence-corrected chi connectivity index (χ0v) is 10.5. The van der Waals surface area contributed by atoms with E-state index in [9.17, 15) is 0 Å². The van der Waals surface area contributed by atoms with Crippen molar-refractivity contribution >= 4 is 5.69 Å². The van der Waals surface area contributed by atoms with Crippen LogP contribution in [0.4, 0.5) is 5.69 Å². The van der Waals surface area contributed by atoms with Crippen LogP contribution in [0, 0.1) is 11.3 Å². The molecule has 1 fully saturated rings. The summed E-state index contributed by atoms with van der Waals surface area (Å²) in [5, 5.41) is 12.3. The van der Waals surface area contributed by atoms with E-state index in [0.717, 1.165) is 12.2 Å². The number of nitrogens with one attached hydrogen (secondary N) is 1. The number of anilines is 1. The highest BCUT2D eigenvalue weighted by atomic mass is 15.2. The molecule has 3 nitrogen and oxygen atoms in total. The van der Waals surface area contributed by atoms with Gasteiger partial charge in [-0.1, -0.05) is 6.07 Å². The lowest BCUT2D eigenvalue weighted by Crippen LogP contribution is -2.54. The summed E-state index contributed by atoms with van der Waals surface area (Å²) in [7, 11) is 4.29. The van der Waals surface area contributed by atoms with E-state index in [0.29, 0.717) is 11.1 Å². The van der Waals surface area contributed by atoms with Crippen molar-refractivity contribution in [1.82, 2.24) is 4.90 Å². The topological polar surface area (TPSA) is 39.1 Å². The second-order valence-corrected chi connectivity index (χ2v) is 5.02. The Kier molecular flexibility index (Phi) is 3.35. The summed E-state index contributed by atoms with van der Waals surface area (Å²) in [4.78, 5) is 2.32. The van der Waals surface area contributed by atoms with Gasteiger partial charge >= 0.3 is 0 Å². The molecule has 0 heterocycles. The van der Waals surface area contributed by atoms with Gasteiger partial charge in [0.05, 0.1) is 11.6 Å². The van der Waals surface area contributed by atoms with Crippen LogP contribution in [0.3, 0.4) is 0 Å². The van der Waals surface area contributed by atoms with E-state index in [1.807, 2.05) is 24.3 Å². The molecule has 17 heavy (non-hydrogen) atoms. The summed E-state index contributed by atoms with van der Waals surface area (Å²) in [5.74, 6) is 0. The fourth-order valence-electron chi connectivity index (χ4n) is 2.33. The maximum atomic E-state index is 8.85. The zero-order chi connectivity index (χ0) is 12.3. The van der Waals surface area contributed by atoms with Gasteiger partial charge in [-0.2, -0.15) is 5.26 Å². The number of nitrogens with zero attached hydrogens (tertiary/aromatic N) is 2. The molecule has 1 aliphatic carbocycles. The average molecular weight is 229 g/mol. The second-order valence-electron chi connectivity index (χ2n) is 5.02. The van der Waals surface area contributed by atoms with Crippen molar-refractivity contribution in [2.75, 3.05) is 26.0 Å². The Bertz CT molecular complexity index is 427. The molecule has 1 N–H and O–H groups in total. The van der Waals surface area contributed by atoms with Crippen LogP contribution >= 0.6 is 0 Å². The molecule has 0 unspecified atom stereocenters. The molecule has 1 saturated carbocycles. The van der Waals surface area contributed by atoms with Gasteiger partial charge in [-0.25, -0.2) is 0 Å². The third kappa shape index (κ3) is 2.42. The first-order chi connectivity index (χ1) is 8.16. The molecule has 0 radical (unpaired) electrons. The Balaban J connectivity index is 2.00. The molecule has 1 aliphatic rings. The molecule has 1 aromatic carbocycles. The predicted octanol–water partition coefficient (Wildman–Crippen LogP) is 2.45. The van der Waals surface area contributed by atoms with E-state index in [-0.39, 0.29) is 0 Å². The van der Waals surface area contributed by atoms with E-state index >= 15 is 0 Å². The van der Waals surface area contributed by atoms with E-state index < -0.39 is 0 Å². The van der Waals surface area contributed by atoms with Crippen molar-refractivity contribution in [2.45, 2.75) is 24.8 Å². The van der Waals surface area contributed by atoms with Gasteiger partial charge in [0.1, 0.15) is 0 Å². The summed E-state index contributed by atoms with van der Waals surface area (Å²) in [5.41, 5.74) is 2.06. The maximum absolute atomic E-state index is 8.85. The lowest BCUT2D eigenvalue weighted by Gasteiger charge is -2.47. The summed E-state index contributed by atoms with van der Waals surface area (Å²) in [6.45, 7) is 0.953. The van der Waals surface area contributed by atoms with E-state index in [1.54, 1.807) is 0 Å². The van der Waals surface area contributed by atoms with Crippen molar-refractivity contribution in [3.05, 3.63) is 29.8 Å². The molecule has 0 saturated heterocycles. The number of rotatable bonds is 4. The zero-order valence-electron chi connectivity index (χ0n) is 10.5. The van der Waals surface area contributed by atoms with Gasteiger partial charge in [-0.15, -0.1) is 0 Å².